The van der Waals surface area contributed by atoms with Crippen LogP contribution in [0.1, 0.15) is 43.7 Å². The largest absolute Gasteiger partial charge is 0.497 e. The van der Waals surface area contributed by atoms with Gasteiger partial charge in [-0.1, -0.05) is 12.1 Å². The van der Waals surface area contributed by atoms with Crippen molar-refractivity contribution in [2.45, 2.75) is 38.1 Å². The van der Waals surface area contributed by atoms with Gasteiger partial charge in [-0.2, -0.15) is 0 Å². The van der Waals surface area contributed by atoms with Gasteiger partial charge >= 0.3 is 0 Å². The van der Waals surface area contributed by atoms with Crippen molar-refractivity contribution >= 4 is 29.9 Å². The van der Waals surface area contributed by atoms with E-state index in [4.69, 9.17) is 14.2 Å². The van der Waals surface area contributed by atoms with Crippen molar-refractivity contribution in [3.05, 3.63) is 29.8 Å². The Bertz CT molecular complexity index is 647. The maximum absolute atomic E-state index is 5.86. The standard InChI is InChI=1S/C24H40N4O3.HI/c1-25-24(26-12-5-15-31-19-20-10-16-30-17-11-20)27-18-23(28-13-3-4-14-28)21-6-8-22(29-2)9-7-21;/h6-9,20,23H,3-5,10-19H2,1-2H3,(H2,25,26,27);1H. The van der Waals surface area contributed by atoms with Gasteiger partial charge in [0.05, 0.1) is 13.2 Å². The van der Waals surface area contributed by atoms with Crippen LogP contribution in [0.3, 0.4) is 0 Å². The molecular formula is C24H41IN4O3. The first-order chi connectivity index (χ1) is 15.3. The maximum atomic E-state index is 5.86. The van der Waals surface area contributed by atoms with Gasteiger partial charge in [0.2, 0.25) is 0 Å². The summed E-state index contributed by atoms with van der Waals surface area (Å²) in [7, 11) is 3.54. The van der Waals surface area contributed by atoms with Crippen molar-refractivity contribution in [2.75, 3.05) is 66.8 Å². The first-order valence-corrected chi connectivity index (χ1v) is 11.8. The fourth-order valence-corrected chi connectivity index (χ4v) is 4.30. The first-order valence-electron chi connectivity index (χ1n) is 11.8. The lowest BCUT2D eigenvalue weighted by molar-refractivity contribution is 0.0203. The predicted molar refractivity (Wildman–Crippen MR) is 140 cm³/mol. The molecule has 7 nitrogen and oxygen atoms in total. The number of ether oxygens (including phenoxy) is 3. The molecule has 0 spiro atoms. The number of hydrogen-bond donors (Lipinski definition) is 2. The van der Waals surface area contributed by atoms with Gasteiger partial charge in [0.15, 0.2) is 5.96 Å². The topological polar surface area (TPSA) is 67.4 Å². The molecular weight excluding hydrogens is 519 g/mol. The lowest BCUT2D eigenvalue weighted by atomic mass is 10.0. The normalized spacial score (nSPS) is 18.8. The van der Waals surface area contributed by atoms with Gasteiger partial charge in [-0.05, 0) is 68.8 Å². The molecule has 1 unspecified atom stereocenters. The molecule has 1 aromatic rings. The molecule has 2 aliphatic heterocycles. The van der Waals surface area contributed by atoms with E-state index in [1.54, 1.807) is 7.11 Å². The number of hydrogen-bond acceptors (Lipinski definition) is 5. The Morgan fingerprint density at radius 2 is 1.88 bits per heavy atom. The van der Waals surface area contributed by atoms with Crippen LogP contribution >= 0.6 is 24.0 Å². The summed E-state index contributed by atoms with van der Waals surface area (Å²) in [5.41, 5.74) is 1.31. The summed E-state index contributed by atoms with van der Waals surface area (Å²) in [5, 5.41) is 6.95. The second-order valence-corrected chi connectivity index (χ2v) is 8.40. The number of rotatable bonds is 11. The van der Waals surface area contributed by atoms with E-state index in [2.05, 4.69) is 32.7 Å². The third-order valence-corrected chi connectivity index (χ3v) is 6.22. The Morgan fingerprint density at radius 1 is 1.16 bits per heavy atom. The van der Waals surface area contributed by atoms with E-state index >= 15 is 0 Å². The maximum Gasteiger partial charge on any atom is 0.191 e. The van der Waals surface area contributed by atoms with Crippen molar-refractivity contribution in [1.29, 1.82) is 0 Å². The van der Waals surface area contributed by atoms with Crippen LogP contribution in [-0.4, -0.2) is 77.6 Å². The van der Waals surface area contributed by atoms with Crippen molar-refractivity contribution in [3.63, 3.8) is 0 Å². The minimum Gasteiger partial charge on any atom is -0.497 e. The zero-order valence-electron chi connectivity index (χ0n) is 19.7. The highest BCUT2D eigenvalue weighted by atomic mass is 127. The number of nitrogens with zero attached hydrogens (tertiary/aromatic N) is 2. The Kier molecular flexibility index (Phi) is 13.3. The molecule has 0 aliphatic carbocycles. The summed E-state index contributed by atoms with van der Waals surface area (Å²) < 4.78 is 16.6. The third kappa shape index (κ3) is 9.03. The monoisotopic (exact) mass is 560 g/mol. The average molecular weight is 561 g/mol. The van der Waals surface area contributed by atoms with Crippen LogP contribution < -0.4 is 15.4 Å². The van der Waals surface area contributed by atoms with E-state index in [9.17, 15) is 0 Å². The van der Waals surface area contributed by atoms with Gasteiger partial charge in [0, 0.05) is 46.6 Å². The summed E-state index contributed by atoms with van der Waals surface area (Å²) in [6.45, 7) is 7.37. The zero-order chi connectivity index (χ0) is 21.7. The van der Waals surface area contributed by atoms with Gasteiger partial charge in [-0.15, -0.1) is 24.0 Å². The van der Waals surface area contributed by atoms with Crippen LogP contribution in [0, 0.1) is 5.92 Å². The quantitative estimate of drug-likeness (QED) is 0.187. The van der Waals surface area contributed by atoms with Crippen LogP contribution in [0.15, 0.2) is 29.3 Å². The van der Waals surface area contributed by atoms with Crippen molar-refractivity contribution in [3.8, 4) is 5.75 Å². The number of methoxy groups -OCH3 is 1. The Morgan fingerprint density at radius 3 is 2.53 bits per heavy atom. The van der Waals surface area contributed by atoms with Crippen LogP contribution in [0.4, 0.5) is 0 Å². The van der Waals surface area contributed by atoms with E-state index in [0.717, 1.165) is 83.6 Å². The van der Waals surface area contributed by atoms with Gasteiger partial charge < -0.3 is 24.8 Å². The molecule has 1 atom stereocenters. The lowest BCUT2D eigenvalue weighted by Gasteiger charge is -2.29. The number of guanidine groups is 1. The van der Waals surface area contributed by atoms with Crippen LogP contribution in [0.5, 0.6) is 5.75 Å². The second-order valence-electron chi connectivity index (χ2n) is 8.40. The smallest absolute Gasteiger partial charge is 0.191 e. The number of aliphatic imine (C=N–C) groups is 1. The molecule has 0 saturated carbocycles. The van der Waals surface area contributed by atoms with Crippen molar-refractivity contribution in [2.24, 2.45) is 10.9 Å². The van der Waals surface area contributed by atoms with E-state index in [1.807, 2.05) is 19.2 Å². The zero-order valence-corrected chi connectivity index (χ0v) is 22.0. The summed E-state index contributed by atoms with van der Waals surface area (Å²) in [6, 6.07) is 8.78. The molecule has 8 heteroatoms. The molecule has 2 fully saturated rings. The minimum absolute atomic E-state index is 0. The molecule has 0 amide bonds. The van der Waals surface area contributed by atoms with Gasteiger partial charge in [-0.3, -0.25) is 9.89 Å². The molecule has 3 rings (SSSR count). The molecule has 0 bridgehead atoms. The summed E-state index contributed by atoms with van der Waals surface area (Å²) in [6.07, 6.45) is 5.77. The van der Waals surface area contributed by atoms with E-state index in [-0.39, 0.29) is 24.0 Å². The van der Waals surface area contributed by atoms with Gasteiger partial charge in [0.25, 0.3) is 0 Å². The lowest BCUT2D eigenvalue weighted by Crippen LogP contribution is -2.43. The molecule has 0 radical (unpaired) electrons. The molecule has 2 aliphatic rings. The highest BCUT2D eigenvalue weighted by Crippen LogP contribution is 2.26. The molecule has 2 heterocycles. The molecule has 2 saturated heterocycles. The van der Waals surface area contributed by atoms with Crippen LogP contribution in [0.25, 0.3) is 0 Å². The highest BCUT2D eigenvalue weighted by Gasteiger charge is 2.23. The van der Waals surface area contributed by atoms with Crippen LogP contribution in [-0.2, 0) is 9.47 Å². The van der Waals surface area contributed by atoms with Crippen LogP contribution in [0.2, 0.25) is 0 Å². The average Bonchev–Trinajstić information content (AvgIpc) is 3.35. The van der Waals surface area contributed by atoms with E-state index in [0.29, 0.717) is 12.0 Å². The summed E-state index contributed by atoms with van der Waals surface area (Å²) in [5.74, 6) is 2.41. The number of benzene rings is 1. The Balaban J connectivity index is 0.00000363. The summed E-state index contributed by atoms with van der Waals surface area (Å²) >= 11 is 0. The number of halogens is 1. The predicted octanol–water partition coefficient (Wildman–Crippen LogP) is 3.45. The van der Waals surface area contributed by atoms with E-state index in [1.165, 1.54) is 18.4 Å². The number of nitrogens with one attached hydrogen (secondary N) is 2. The highest BCUT2D eigenvalue weighted by molar-refractivity contribution is 14.0. The minimum atomic E-state index is 0. The fourth-order valence-electron chi connectivity index (χ4n) is 4.30. The molecule has 182 valence electrons. The molecule has 0 aromatic heterocycles. The molecule has 1 aromatic carbocycles. The molecule has 2 N–H and O–H groups in total. The summed E-state index contributed by atoms with van der Waals surface area (Å²) in [4.78, 5) is 6.96. The van der Waals surface area contributed by atoms with Crippen molar-refractivity contribution < 1.29 is 14.2 Å². The first kappa shape index (κ1) is 27.1. The third-order valence-electron chi connectivity index (χ3n) is 6.22. The van der Waals surface area contributed by atoms with Crippen molar-refractivity contribution in [1.82, 2.24) is 15.5 Å². The number of likely N-dealkylation sites (tertiary alicyclic amines) is 1. The second kappa shape index (κ2) is 15.7. The Hall–Kier alpha value is -1.10. The van der Waals surface area contributed by atoms with E-state index < -0.39 is 0 Å². The van der Waals surface area contributed by atoms with Gasteiger partial charge in [-0.25, -0.2) is 0 Å². The Labute approximate surface area is 210 Å². The molecule has 32 heavy (non-hydrogen) atoms. The fraction of sp³-hybridized carbons (Fsp3) is 0.708. The SMILES string of the molecule is CN=C(NCCCOCC1CCOCC1)NCC(c1ccc(OC)cc1)N1CCCC1.I. The van der Waals surface area contributed by atoms with Gasteiger partial charge in [0.1, 0.15) is 5.75 Å².